The molecule has 32 heavy (non-hydrogen) atoms. The molecule has 1 heterocycles. The predicted octanol–water partition coefficient (Wildman–Crippen LogP) is 5.35. The molecular weight excluding hydrogens is 419 g/mol. The van der Waals surface area contributed by atoms with E-state index in [1.807, 2.05) is 31.2 Å². The van der Waals surface area contributed by atoms with Gasteiger partial charge in [-0.25, -0.2) is 4.79 Å². The summed E-state index contributed by atoms with van der Waals surface area (Å²) in [5.41, 5.74) is 1.16. The number of likely N-dealkylation sites (tertiary alicyclic amines) is 1. The van der Waals surface area contributed by atoms with Crippen LogP contribution in [0.4, 0.5) is 23.7 Å². The first-order chi connectivity index (χ1) is 15.2. The molecule has 3 amide bonds. The van der Waals surface area contributed by atoms with Crippen molar-refractivity contribution in [1.82, 2.24) is 10.2 Å². The third-order valence-corrected chi connectivity index (χ3v) is 5.69. The van der Waals surface area contributed by atoms with Gasteiger partial charge in [0.15, 0.2) is 0 Å². The van der Waals surface area contributed by atoms with E-state index < -0.39 is 11.7 Å². The van der Waals surface area contributed by atoms with Crippen LogP contribution in [0.15, 0.2) is 48.5 Å². The Hall–Kier alpha value is -3.03. The van der Waals surface area contributed by atoms with Gasteiger partial charge in [0.25, 0.3) is 0 Å². The van der Waals surface area contributed by atoms with E-state index in [2.05, 4.69) is 10.6 Å². The minimum Gasteiger partial charge on any atom is -0.352 e. The summed E-state index contributed by atoms with van der Waals surface area (Å²) in [6.45, 7) is 3.03. The minimum atomic E-state index is -4.45. The van der Waals surface area contributed by atoms with Gasteiger partial charge in [-0.1, -0.05) is 35.9 Å². The second-order valence-corrected chi connectivity index (χ2v) is 8.22. The lowest BCUT2D eigenvalue weighted by Crippen LogP contribution is -2.42. The highest BCUT2D eigenvalue weighted by atomic mass is 19.4. The van der Waals surface area contributed by atoms with Gasteiger partial charge in [-0.15, -0.1) is 0 Å². The number of carbonyl (C=O) groups is 2. The van der Waals surface area contributed by atoms with Crippen molar-refractivity contribution >= 4 is 17.6 Å². The summed E-state index contributed by atoms with van der Waals surface area (Å²) in [6.07, 6.45) is -1.88. The minimum absolute atomic E-state index is 0.0463. The lowest BCUT2D eigenvalue weighted by Gasteiger charge is -2.32. The highest BCUT2D eigenvalue weighted by molar-refractivity contribution is 5.89. The maximum atomic E-state index is 13.1. The molecule has 1 fully saturated rings. The Labute approximate surface area is 186 Å². The number of hydrogen-bond donors (Lipinski definition) is 2. The molecule has 1 atom stereocenters. The molecule has 1 saturated heterocycles. The van der Waals surface area contributed by atoms with E-state index in [1.54, 1.807) is 4.90 Å². The van der Waals surface area contributed by atoms with Crippen LogP contribution in [0, 0.1) is 12.8 Å². The van der Waals surface area contributed by atoms with E-state index in [0.29, 0.717) is 19.5 Å². The number of hydrogen-bond acceptors (Lipinski definition) is 2. The average Bonchev–Trinajstić information content (AvgIpc) is 2.77. The number of piperidine rings is 1. The van der Waals surface area contributed by atoms with Crippen LogP contribution in [0.25, 0.3) is 0 Å². The number of amides is 3. The Morgan fingerprint density at radius 2 is 1.81 bits per heavy atom. The Morgan fingerprint density at radius 3 is 2.53 bits per heavy atom. The predicted molar refractivity (Wildman–Crippen MR) is 117 cm³/mol. The zero-order chi connectivity index (χ0) is 23.1. The number of carbonyl (C=O) groups excluding carboxylic acids is 2. The fourth-order valence-corrected chi connectivity index (χ4v) is 3.89. The van der Waals surface area contributed by atoms with Gasteiger partial charge in [0.1, 0.15) is 0 Å². The van der Waals surface area contributed by atoms with Gasteiger partial charge in [0.05, 0.1) is 5.56 Å². The zero-order valence-electron chi connectivity index (χ0n) is 18.0. The van der Waals surface area contributed by atoms with E-state index in [1.165, 1.54) is 18.2 Å². The standard InChI is InChI=1S/C24H28F3N3O2/c1-17-8-11-20(12-9-17)29-23(32)30-14-4-5-18(16-30)10-13-22(31)28-15-19-6-2-3-7-21(19)24(25,26)27/h2-3,6-9,11-12,18H,4-5,10,13-16H2,1H3,(H,28,31)(H,29,32)/t18-/m1/s1. The number of nitrogens with one attached hydrogen (secondary N) is 2. The first-order valence-corrected chi connectivity index (χ1v) is 10.8. The Morgan fingerprint density at radius 1 is 1.09 bits per heavy atom. The summed E-state index contributed by atoms with van der Waals surface area (Å²) in [4.78, 5) is 26.5. The summed E-state index contributed by atoms with van der Waals surface area (Å²) < 4.78 is 39.2. The lowest BCUT2D eigenvalue weighted by atomic mass is 9.93. The van der Waals surface area contributed by atoms with E-state index in [0.717, 1.165) is 30.2 Å². The molecule has 0 aromatic heterocycles. The highest BCUT2D eigenvalue weighted by Crippen LogP contribution is 2.31. The lowest BCUT2D eigenvalue weighted by molar-refractivity contribution is -0.138. The molecule has 1 aliphatic heterocycles. The van der Waals surface area contributed by atoms with Gasteiger partial charge in [0.2, 0.25) is 5.91 Å². The molecule has 3 rings (SSSR count). The van der Waals surface area contributed by atoms with Gasteiger partial charge in [-0.3, -0.25) is 4.79 Å². The number of aryl methyl sites for hydroxylation is 1. The molecule has 0 aliphatic carbocycles. The molecule has 1 aliphatic rings. The van der Waals surface area contributed by atoms with E-state index >= 15 is 0 Å². The van der Waals surface area contributed by atoms with Gasteiger partial charge in [-0.05, 0) is 55.9 Å². The maximum Gasteiger partial charge on any atom is 0.416 e. The Kier molecular flexibility index (Phi) is 7.77. The van der Waals surface area contributed by atoms with Crippen LogP contribution in [0.5, 0.6) is 0 Å². The number of nitrogens with zero attached hydrogens (tertiary/aromatic N) is 1. The normalized spacial score (nSPS) is 16.5. The molecular formula is C24H28F3N3O2. The van der Waals surface area contributed by atoms with E-state index in [4.69, 9.17) is 0 Å². The van der Waals surface area contributed by atoms with Crippen molar-refractivity contribution in [3.63, 3.8) is 0 Å². The van der Waals surface area contributed by atoms with E-state index in [-0.39, 0.29) is 36.4 Å². The third kappa shape index (κ3) is 6.73. The molecule has 0 spiro atoms. The molecule has 2 aromatic carbocycles. The number of benzene rings is 2. The van der Waals surface area contributed by atoms with E-state index in [9.17, 15) is 22.8 Å². The van der Waals surface area contributed by atoms with Crippen LogP contribution in [0.1, 0.15) is 42.4 Å². The fraction of sp³-hybridized carbons (Fsp3) is 0.417. The van der Waals surface area contributed by atoms with Crippen molar-refractivity contribution in [2.24, 2.45) is 5.92 Å². The number of urea groups is 1. The summed E-state index contributed by atoms with van der Waals surface area (Å²) in [7, 11) is 0. The Bertz CT molecular complexity index is 929. The molecule has 5 nitrogen and oxygen atoms in total. The van der Waals surface area contributed by atoms with Crippen molar-refractivity contribution in [1.29, 1.82) is 0 Å². The SMILES string of the molecule is Cc1ccc(NC(=O)N2CCC[C@H](CCC(=O)NCc3ccccc3C(F)(F)F)C2)cc1. The molecule has 2 aromatic rings. The van der Waals surface area contributed by atoms with Crippen LogP contribution in [0.2, 0.25) is 0 Å². The number of anilines is 1. The summed E-state index contributed by atoms with van der Waals surface area (Å²) >= 11 is 0. The second kappa shape index (κ2) is 10.5. The summed E-state index contributed by atoms with van der Waals surface area (Å²) in [5, 5.41) is 5.49. The summed E-state index contributed by atoms with van der Waals surface area (Å²) in [5.74, 6) is -0.107. The topological polar surface area (TPSA) is 61.4 Å². The molecule has 0 bridgehead atoms. The summed E-state index contributed by atoms with van der Waals surface area (Å²) in [6, 6.07) is 12.7. The molecule has 0 saturated carbocycles. The largest absolute Gasteiger partial charge is 0.416 e. The van der Waals surface area contributed by atoms with Gasteiger partial charge in [-0.2, -0.15) is 13.2 Å². The quantitative estimate of drug-likeness (QED) is 0.627. The number of alkyl halides is 3. The smallest absolute Gasteiger partial charge is 0.352 e. The fourth-order valence-electron chi connectivity index (χ4n) is 3.89. The second-order valence-electron chi connectivity index (χ2n) is 8.22. The number of rotatable bonds is 6. The van der Waals surface area contributed by atoms with Crippen molar-refractivity contribution < 1.29 is 22.8 Å². The van der Waals surface area contributed by atoms with Crippen molar-refractivity contribution in [2.75, 3.05) is 18.4 Å². The van der Waals surface area contributed by atoms with Gasteiger partial charge >= 0.3 is 12.2 Å². The van der Waals surface area contributed by atoms with Crippen LogP contribution in [-0.2, 0) is 17.5 Å². The molecule has 0 unspecified atom stereocenters. The number of halogens is 3. The first kappa shape index (κ1) is 23.6. The Balaban J connectivity index is 1.45. The first-order valence-electron chi connectivity index (χ1n) is 10.8. The van der Waals surface area contributed by atoms with Crippen LogP contribution < -0.4 is 10.6 Å². The van der Waals surface area contributed by atoms with Crippen molar-refractivity contribution in [3.8, 4) is 0 Å². The molecule has 8 heteroatoms. The van der Waals surface area contributed by atoms with Crippen molar-refractivity contribution in [3.05, 3.63) is 65.2 Å². The van der Waals surface area contributed by atoms with Crippen LogP contribution >= 0.6 is 0 Å². The zero-order valence-corrected chi connectivity index (χ0v) is 18.0. The van der Waals surface area contributed by atoms with Crippen LogP contribution in [-0.4, -0.2) is 29.9 Å². The van der Waals surface area contributed by atoms with Gasteiger partial charge < -0.3 is 15.5 Å². The monoisotopic (exact) mass is 447 g/mol. The van der Waals surface area contributed by atoms with Crippen molar-refractivity contribution in [2.45, 2.75) is 45.3 Å². The third-order valence-electron chi connectivity index (χ3n) is 5.69. The van der Waals surface area contributed by atoms with Gasteiger partial charge in [0, 0.05) is 31.7 Å². The average molecular weight is 448 g/mol. The molecule has 0 radical (unpaired) electrons. The molecule has 172 valence electrons. The highest BCUT2D eigenvalue weighted by Gasteiger charge is 2.32. The molecule has 2 N–H and O–H groups in total. The van der Waals surface area contributed by atoms with Crippen LogP contribution in [0.3, 0.4) is 0 Å². The maximum absolute atomic E-state index is 13.1.